The van der Waals surface area contributed by atoms with Crippen LogP contribution in [0.2, 0.25) is 0 Å². The molecule has 15 heavy (non-hydrogen) atoms. The molecule has 0 aromatic rings. The molecule has 2 aliphatic rings. The summed E-state index contributed by atoms with van der Waals surface area (Å²) < 4.78 is 5.25. The molecule has 1 aliphatic carbocycles. The first-order chi connectivity index (χ1) is 7.20. The minimum atomic E-state index is -0.619. The van der Waals surface area contributed by atoms with Gasteiger partial charge in [0.05, 0.1) is 31.5 Å². The Morgan fingerprint density at radius 3 is 2.47 bits per heavy atom. The molecular formula is C10H20N2O3. The number of ether oxygens (including phenoxy) is 1. The molecule has 5 heteroatoms. The lowest BCUT2D eigenvalue weighted by molar-refractivity contribution is -0.0915. The van der Waals surface area contributed by atoms with E-state index in [4.69, 9.17) is 10.5 Å². The molecule has 2 fully saturated rings. The van der Waals surface area contributed by atoms with Gasteiger partial charge in [0.15, 0.2) is 0 Å². The fraction of sp³-hybridized carbons (Fsp3) is 1.00. The maximum absolute atomic E-state index is 9.99. The van der Waals surface area contributed by atoms with Crippen LogP contribution in [0.15, 0.2) is 0 Å². The maximum atomic E-state index is 9.99. The molecule has 4 N–H and O–H groups in total. The van der Waals surface area contributed by atoms with Gasteiger partial charge in [0, 0.05) is 19.1 Å². The highest BCUT2D eigenvalue weighted by Gasteiger charge is 2.39. The summed E-state index contributed by atoms with van der Waals surface area (Å²) in [4.78, 5) is 2.10. The van der Waals surface area contributed by atoms with Crippen LogP contribution in [0.25, 0.3) is 0 Å². The Hall–Kier alpha value is -0.200. The second-order valence-corrected chi connectivity index (χ2v) is 4.44. The fourth-order valence-corrected chi connectivity index (χ4v) is 2.52. The summed E-state index contributed by atoms with van der Waals surface area (Å²) in [6, 6.07) is -0.418. The van der Waals surface area contributed by atoms with Gasteiger partial charge in [-0.1, -0.05) is 0 Å². The molecule has 0 amide bonds. The van der Waals surface area contributed by atoms with Crippen LogP contribution in [0.5, 0.6) is 0 Å². The molecule has 4 atom stereocenters. The van der Waals surface area contributed by atoms with Gasteiger partial charge in [-0.15, -0.1) is 0 Å². The van der Waals surface area contributed by atoms with Crippen molar-refractivity contribution >= 4 is 0 Å². The van der Waals surface area contributed by atoms with E-state index in [2.05, 4.69) is 4.90 Å². The van der Waals surface area contributed by atoms with Crippen molar-refractivity contribution in [1.82, 2.24) is 4.90 Å². The van der Waals surface area contributed by atoms with Gasteiger partial charge in [0.2, 0.25) is 0 Å². The number of morpholine rings is 1. The van der Waals surface area contributed by atoms with Crippen molar-refractivity contribution in [2.45, 2.75) is 37.1 Å². The van der Waals surface area contributed by atoms with Gasteiger partial charge in [-0.05, 0) is 12.8 Å². The first kappa shape index (κ1) is 11.3. The summed E-state index contributed by atoms with van der Waals surface area (Å²) in [5, 5.41) is 19.9. The van der Waals surface area contributed by atoms with Crippen LogP contribution in [0.1, 0.15) is 12.8 Å². The molecule has 1 saturated heterocycles. The van der Waals surface area contributed by atoms with Gasteiger partial charge < -0.3 is 20.7 Å². The molecular weight excluding hydrogens is 196 g/mol. The fourth-order valence-electron chi connectivity index (χ4n) is 2.52. The smallest absolute Gasteiger partial charge is 0.0871 e. The first-order valence-electron chi connectivity index (χ1n) is 5.63. The van der Waals surface area contributed by atoms with Crippen LogP contribution < -0.4 is 5.73 Å². The van der Waals surface area contributed by atoms with Gasteiger partial charge >= 0.3 is 0 Å². The van der Waals surface area contributed by atoms with Gasteiger partial charge in [-0.25, -0.2) is 0 Å². The van der Waals surface area contributed by atoms with Crippen LogP contribution >= 0.6 is 0 Å². The Morgan fingerprint density at radius 2 is 1.80 bits per heavy atom. The van der Waals surface area contributed by atoms with Crippen molar-refractivity contribution in [2.24, 2.45) is 5.73 Å². The predicted octanol–water partition coefficient (Wildman–Crippen LogP) is -1.47. The number of nitrogens with two attached hydrogens (primary N) is 1. The molecule has 0 radical (unpaired) electrons. The number of nitrogens with zero attached hydrogens (tertiary/aromatic N) is 1. The predicted molar refractivity (Wildman–Crippen MR) is 55.4 cm³/mol. The standard InChI is InChI=1S/C10H20N2O3/c11-7-1-2-8(13)9(10(7)14)12-3-5-15-6-4-12/h7-10,13-14H,1-6,11H2/t7-,8+,9-,10-/m1/s1. The Balaban J connectivity index is 2.02. The Bertz CT molecular complexity index is 209. The molecule has 5 nitrogen and oxygen atoms in total. The van der Waals surface area contributed by atoms with E-state index in [-0.39, 0.29) is 12.1 Å². The molecule has 0 unspecified atom stereocenters. The quantitative estimate of drug-likeness (QED) is 0.499. The molecule has 0 spiro atoms. The minimum absolute atomic E-state index is 0.207. The van der Waals surface area contributed by atoms with E-state index in [0.29, 0.717) is 26.1 Å². The number of hydrogen-bond acceptors (Lipinski definition) is 5. The monoisotopic (exact) mass is 216 g/mol. The zero-order chi connectivity index (χ0) is 10.8. The van der Waals surface area contributed by atoms with Gasteiger partial charge in [0.25, 0.3) is 0 Å². The largest absolute Gasteiger partial charge is 0.391 e. The number of hydrogen-bond donors (Lipinski definition) is 3. The number of aliphatic hydroxyl groups excluding tert-OH is 2. The molecule has 0 aromatic carbocycles. The lowest BCUT2D eigenvalue weighted by atomic mass is 9.85. The second-order valence-electron chi connectivity index (χ2n) is 4.44. The van der Waals surface area contributed by atoms with E-state index in [9.17, 15) is 10.2 Å². The summed E-state index contributed by atoms with van der Waals surface area (Å²) in [5.41, 5.74) is 5.82. The molecule has 2 rings (SSSR count). The molecule has 0 aromatic heterocycles. The van der Waals surface area contributed by atoms with E-state index in [1.807, 2.05) is 0 Å². The van der Waals surface area contributed by atoms with Gasteiger partial charge in [-0.2, -0.15) is 0 Å². The summed E-state index contributed by atoms with van der Waals surface area (Å²) in [7, 11) is 0. The summed E-state index contributed by atoms with van der Waals surface area (Å²) in [6.45, 7) is 2.88. The topological polar surface area (TPSA) is 79.0 Å². The van der Waals surface area contributed by atoms with Crippen molar-refractivity contribution in [3.05, 3.63) is 0 Å². The van der Waals surface area contributed by atoms with Crippen molar-refractivity contribution in [1.29, 1.82) is 0 Å². The van der Waals surface area contributed by atoms with Crippen molar-refractivity contribution in [3.63, 3.8) is 0 Å². The average molecular weight is 216 g/mol. The third-order valence-electron chi connectivity index (χ3n) is 3.45. The van der Waals surface area contributed by atoms with E-state index in [0.717, 1.165) is 13.1 Å². The van der Waals surface area contributed by atoms with Crippen LogP contribution in [0.4, 0.5) is 0 Å². The summed E-state index contributed by atoms with van der Waals surface area (Å²) >= 11 is 0. The van der Waals surface area contributed by atoms with Crippen molar-refractivity contribution in [2.75, 3.05) is 26.3 Å². The lowest BCUT2D eigenvalue weighted by Gasteiger charge is -2.44. The van der Waals surface area contributed by atoms with E-state index in [1.165, 1.54) is 0 Å². The highest BCUT2D eigenvalue weighted by atomic mass is 16.5. The molecule has 1 heterocycles. The van der Waals surface area contributed by atoms with Crippen LogP contribution in [-0.2, 0) is 4.74 Å². The normalized spacial score (nSPS) is 44.2. The summed E-state index contributed by atoms with van der Waals surface area (Å²) in [6.07, 6.45) is 0.299. The second kappa shape index (κ2) is 4.76. The molecule has 1 aliphatic heterocycles. The third kappa shape index (κ3) is 2.32. The van der Waals surface area contributed by atoms with E-state index < -0.39 is 12.2 Å². The molecule has 0 bridgehead atoms. The Labute approximate surface area is 89.8 Å². The first-order valence-corrected chi connectivity index (χ1v) is 5.63. The highest BCUT2D eigenvalue weighted by Crippen LogP contribution is 2.23. The average Bonchev–Trinajstić information content (AvgIpc) is 2.26. The van der Waals surface area contributed by atoms with Gasteiger partial charge in [-0.3, -0.25) is 4.90 Å². The highest BCUT2D eigenvalue weighted by molar-refractivity contribution is 4.96. The maximum Gasteiger partial charge on any atom is 0.0871 e. The SMILES string of the molecule is N[C@@H]1CC[C@H](O)[C@@H](N2CCOCC2)[C@@H]1O. The lowest BCUT2D eigenvalue weighted by Crippen LogP contribution is -2.62. The molecule has 88 valence electrons. The van der Waals surface area contributed by atoms with Crippen molar-refractivity contribution in [3.8, 4) is 0 Å². The number of aliphatic hydroxyl groups is 2. The van der Waals surface area contributed by atoms with Crippen LogP contribution in [0.3, 0.4) is 0 Å². The summed E-state index contributed by atoms with van der Waals surface area (Å²) in [5.74, 6) is 0. The van der Waals surface area contributed by atoms with E-state index in [1.54, 1.807) is 0 Å². The van der Waals surface area contributed by atoms with Crippen molar-refractivity contribution < 1.29 is 14.9 Å². The Morgan fingerprint density at radius 1 is 1.13 bits per heavy atom. The Kier molecular flexibility index (Phi) is 3.58. The zero-order valence-corrected chi connectivity index (χ0v) is 8.88. The van der Waals surface area contributed by atoms with Crippen LogP contribution in [-0.4, -0.2) is 65.7 Å². The molecule has 1 saturated carbocycles. The zero-order valence-electron chi connectivity index (χ0n) is 8.88. The minimum Gasteiger partial charge on any atom is -0.391 e. The van der Waals surface area contributed by atoms with Gasteiger partial charge in [0.1, 0.15) is 0 Å². The van der Waals surface area contributed by atoms with E-state index >= 15 is 0 Å². The third-order valence-corrected chi connectivity index (χ3v) is 3.45. The number of rotatable bonds is 1. The van der Waals surface area contributed by atoms with Crippen LogP contribution in [0, 0.1) is 0 Å².